The molecule has 0 bridgehead atoms. The molecular formula is C27H31ClFN3O3S. The van der Waals surface area contributed by atoms with Crippen LogP contribution in [0, 0.1) is 5.82 Å². The van der Waals surface area contributed by atoms with Gasteiger partial charge < -0.3 is 4.90 Å². The van der Waals surface area contributed by atoms with Crippen molar-refractivity contribution in [3.8, 4) is 0 Å². The molecule has 2 aliphatic heterocycles. The number of nitrogens with zero attached hydrogens (tertiary/aromatic N) is 2. The number of nitrogens with one attached hydrogen (secondary N) is 1. The predicted octanol–water partition coefficient (Wildman–Crippen LogP) is 5.15. The number of benzene rings is 2. The van der Waals surface area contributed by atoms with E-state index in [1.165, 1.54) is 23.1 Å². The summed E-state index contributed by atoms with van der Waals surface area (Å²) in [6.07, 6.45) is 5.00. The first kappa shape index (κ1) is 26.6. The summed E-state index contributed by atoms with van der Waals surface area (Å²) in [7, 11) is 0. The molecule has 1 saturated heterocycles. The Hall–Kier alpha value is -2.42. The number of fused-ring (bicyclic) bond motifs is 1. The molecule has 6 nitrogen and oxygen atoms in total. The predicted molar refractivity (Wildman–Crippen MR) is 139 cm³/mol. The summed E-state index contributed by atoms with van der Waals surface area (Å²) in [5.74, 6) is -0.484. The number of carbonyl (C=O) groups is 3. The van der Waals surface area contributed by atoms with Crippen LogP contribution in [0.3, 0.4) is 0 Å². The number of hydrogen-bond acceptors (Lipinski definition) is 5. The highest BCUT2D eigenvalue weighted by molar-refractivity contribution is 7.98. The molecule has 1 N–H and O–H groups in total. The molecule has 0 aliphatic carbocycles. The third kappa shape index (κ3) is 5.93. The molecule has 192 valence electrons. The Labute approximate surface area is 220 Å². The van der Waals surface area contributed by atoms with E-state index in [4.69, 9.17) is 11.6 Å². The number of hydrogen-bond donors (Lipinski definition) is 1. The van der Waals surface area contributed by atoms with Gasteiger partial charge in [-0.3, -0.25) is 24.6 Å². The van der Waals surface area contributed by atoms with Crippen molar-refractivity contribution in [3.05, 3.63) is 63.4 Å². The number of likely N-dealkylation sites (tertiary alicyclic amines) is 1. The second kappa shape index (κ2) is 12.2. The highest BCUT2D eigenvalue weighted by Crippen LogP contribution is 2.36. The van der Waals surface area contributed by atoms with Crippen LogP contribution < -0.4 is 5.32 Å². The van der Waals surface area contributed by atoms with E-state index in [-0.39, 0.29) is 18.3 Å². The van der Waals surface area contributed by atoms with E-state index < -0.39 is 11.9 Å². The third-order valence-electron chi connectivity index (χ3n) is 6.82. The number of thioether (sulfide) groups is 1. The van der Waals surface area contributed by atoms with Crippen molar-refractivity contribution in [3.63, 3.8) is 0 Å². The smallest absolute Gasteiger partial charge is 0.255 e. The summed E-state index contributed by atoms with van der Waals surface area (Å²) >= 11 is 8.01. The van der Waals surface area contributed by atoms with Crippen molar-refractivity contribution in [1.82, 2.24) is 15.1 Å². The number of piperidine rings is 1. The van der Waals surface area contributed by atoms with E-state index >= 15 is 0 Å². The third-order valence-corrected chi connectivity index (χ3v) is 8.33. The van der Waals surface area contributed by atoms with Crippen LogP contribution in [0.25, 0.3) is 0 Å². The maximum absolute atomic E-state index is 15.0. The van der Waals surface area contributed by atoms with Crippen LogP contribution in [-0.4, -0.2) is 47.2 Å². The van der Waals surface area contributed by atoms with Crippen LogP contribution in [0.1, 0.15) is 66.1 Å². The highest BCUT2D eigenvalue weighted by Gasteiger charge is 2.37. The topological polar surface area (TPSA) is 69.7 Å². The molecule has 9 heteroatoms. The van der Waals surface area contributed by atoms with E-state index in [1.807, 2.05) is 25.1 Å². The van der Waals surface area contributed by atoms with E-state index in [9.17, 15) is 18.8 Å². The molecule has 4 rings (SSSR count). The summed E-state index contributed by atoms with van der Waals surface area (Å²) in [5.41, 5.74) is 2.73. The van der Waals surface area contributed by atoms with E-state index in [0.717, 1.165) is 42.0 Å². The van der Waals surface area contributed by atoms with Crippen molar-refractivity contribution >= 4 is 41.6 Å². The normalized spacial score (nSPS) is 16.6. The first-order valence-corrected chi connectivity index (χ1v) is 13.8. The van der Waals surface area contributed by atoms with Crippen molar-refractivity contribution in [2.45, 2.75) is 68.8 Å². The van der Waals surface area contributed by atoms with Crippen molar-refractivity contribution < 1.29 is 18.8 Å². The zero-order chi connectivity index (χ0) is 25.7. The van der Waals surface area contributed by atoms with Gasteiger partial charge in [0.2, 0.25) is 12.3 Å². The second-order valence-electron chi connectivity index (χ2n) is 9.31. The fourth-order valence-corrected chi connectivity index (χ4v) is 6.26. The lowest BCUT2D eigenvalue weighted by molar-refractivity contribution is -0.129. The van der Waals surface area contributed by atoms with Gasteiger partial charge in [-0.15, -0.1) is 11.8 Å². The van der Waals surface area contributed by atoms with Crippen LogP contribution in [0.5, 0.6) is 0 Å². The summed E-state index contributed by atoms with van der Waals surface area (Å²) < 4.78 is 15.0. The molecule has 36 heavy (non-hydrogen) atoms. The Kier molecular flexibility index (Phi) is 9.04. The first-order valence-electron chi connectivity index (χ1n) is 12.4. The first-order chi connectivity index (χ1) is 17.4. The monoisotopic (exact) mass is 531 g/mol. The lowest BCUT2D eigenvalue weighted by Gasteiger charge is -2.27. The number of imide groups is 1. The number of amides is 3. The zero-order valence-electron chi connectivity index (χ0n) is 20.4. The molecule has 2 aliphatic rings. The molecule has 2 aromatic rings. The van der Waals surface area contributed by atoms with Gasteiger partial charge >= 0.3 is 0 Å². The van der Waals surface area contributed by atoms with Gasteiger partial charge in [-0.2, -0.15) is 0 Å². The molecule has 1 atom stereocenters. The molecule has 3 amide bonds. The fourth-order valence-electron chi connectivity index (χ4n) is 4.96. The number of halogens is 2. The Morgan fingerprint density at radius 1 is 1.25 bits per heavy atom. The minimum atomic E-state index is -0.710. The lowest BCUT2D eigenvalue weighted by atomic mass is 10.1. The molecule has 0 radical (unpaired) electrons. The molecular weight excluding hydrogens is 501 g/mol. The zero-order valence-corrected chi connectivity index (χ0v) is 22.0. The largest absolute Gasteiger partial charge is 0.322 e. The van der Waals surface area contributed by atoms with Gasteiger partial charge in [-0.25, -0.2) is 4.39 Å². The van der Waals surface area contributed by atoms with Gasteiger partial charge in [-0.1, -0.05) is 37.4 Å². The standard InChI is InChI=1S/C27H31ClFN3O3S/c1-2-7-24(26(34)30-17-33)32-15-20-19(27(32)35)8-6-9-25(20)36-16-18-12-22(28)21(23(29)13-18)14-31-10-4-3-5-11-31/h6,8-9,12-13,17,24H,2-5,7,10-11,14-16H2,1H3,(H,30,33,34). The van der Waals surface area contributed by atoms with Crippen molar-refractivity contribution in [2.75, 3.05) is 13.1 Å². The van der Waals surface area contributed by atoms with Gasteiger partial charge in [0, 0.05) is 39.9 Å². The van der Waals surface area contributed by atoms with Gasteiger partial charge in [0.1, 0.15) is 11.9 Å². The van der Waals surface area contributed by atoms with Crippen LogP contribution in [0.2, 0.25) is 5.02 Å². The maximum Gasteiger partial charge on any atom is 0.255 e. The molecule has 1 fully saturated rings. The van der Waals surface area contributed by atoms with Crippen LogP contribution in [-0.2, 0) is 28.4 Å². The molecule has 2 heterocycles. The Morgan fingerprint density at radius 3 is 2.72 bits per heavy atom. The van der Waals surface area contributed by atoms with Crippen molar-refractivity contribution in [1.29, 1.82) is 0 Å². The second-order valence-corrected chi connectivity index (χ2v) is 10.7. The molecule has 1 unspecified atom stereocenters. The Bertz CT molecular complexity index is 1120. The Morgan fingerprint density at radius 2 is 2.03 bits per heavy atom. The van der Waals surface area contributed by atoms with Gasteiger partial charge in [-0.05, 0) is 67.7 Å². The number of carbonyl (C=O) groups excluding carboxylic acids is 3. The average Bonchev–Trinajstić information content (AvgIpc) is 3.21. The molecule has 2 aromatic carbocycles. The summed E-state index contributed by atoms with van der Waals surface area (Å²) in [4.78, 5) is 41.0. The van der Waals surface area contributed by atoms with E-state index in [0.29, 0.717) is 47.7 Å². The van der Waals surface area contributed by atoms with Crippen LogP contribution >= 0.6 is 23.4 Å². The quantitative estimate of drug-likeness (QED) is 0.339. The van der Waals surface area contributed by atoms with Gasteiger partial charge in [0.25, 0.3) is 5.91 Å². The van der Waals surface area contributed by atoms with Crippen LogP contribution in [0.4, 0.5) is 4.39 Å². The summed E-state index contributed by atoms with van der Waals surface area (Å²) in [6, 6.07) is 8.19. The van der Waals surface area contributed by atoms with E-state index in [1.54, 1.807) is 12.1 Å². The summed E-state index contributed by atoms with van der Waals surface area (Å²) in [5, 5.41) is 2.63. The fraction of sp³-hybridized carbons (Fsp3) is 0.444. The molecule has 0 spiro atoms. The number of rotatable bonds is 10. The molecule has 0 aromatic heterocycles. The van der Waals surface area contributed by atoms with Crippen LogP contribution in [0.15, 0.2) is 35.2 Å². The maximum atomic E-state index is 15.0. The summed E-state index contributed by atoms with van der Waals surface area (Å²) in [6.45, 7) is 4.69. The lowest BCUT2D eigenvalue weighted by Crippen LogP contribution is -2.46. The van der Waals surface area contributed by atoms with E-state index in [2.05, 4.69) is 10.2 Å². The minimum absolute atomic E-state index is 0.219. The Balaban J connectivity index is 1.48. The van der Waals surface area contributed by atoms with Gasteiger partial charge in [0.05, 0.1) is 0 Å². The van der Waals surface area contributed by atoms with Gasteiger partial charge in [0.15, 0.2) is 0 Å². The van der Waals surface area contributed by atoms with Crippen molar-refractivity contribution in [2.24, 2.45) is 0 Å². The average molecular weight is 532 g/mol. The highest BCUT2D eigenvalue weighted by atomic mass is 35.5. The molecule has 0 saturated carbocycles. The minimum Gasteiger partial charge on any atom is -0.322 e. The SMILES string of the molecule is CCCC(C(=O)NC=O)N1Cc2c(SCc3cc(F)c(CN4CCCCC4)c(Cl)c3)cccc2C1=O.